The van der Waals surface area contributed by atoms with E-state index in [0.29, 0.717) is 5.56 Å². The van der Waals surface area contributed by atoms with E-state index in [4.69, 9.17) is 0 Å². The van der Waals surface area contributed by atoms with Gasteiger partial charge in [-0.1, -0.05) is 30.3 Å². The molecule has 1 aromatic carbocycles. The minimum absolute atomic E-state index is 0.0125. The second-order valence-electron chi connectivity index (χ2n) is 6.01. The van der Waals surface area contributed by atoms with E-state index >= 15 is 0 Å². The van der Waals surface area contributed by atoms with Gasteiger partial charge >= 0.3 is 0 Å². The second kappa shape index (κ2) is 7.41. The van der Waals surface area contributed by atoms with Gasteiger partial charge in [0.1, 0.15) is 6.33 Å². The average molecular weight is 332 g/mol. The summed E-state index contributed by atoms with van der Waals surface area (Å²) in [4.78, 5) is 27.8. The topological polar surface area (TPSA) is 76.9 Å². The van der Waals surface area contributed by atoms with Gasteiger partial charge < -0.3 is 0 Å². The summed E-state index contributed by atoms with van der Waals surface area (Å²) >= 11 is 1.27. The lowest BCUT2D eigenvalue weighted by Gasteiger charge is -2.17. The summed E-state index contributed by atoms with van der Waals surface area (Å²) in [5.41, 5.74) is 0.471. The summed E-state index contributed by atoms with van der Waals surface area (Å²) in [7, 11) is 0. The van der Waals surface area contributed by atoms with Crippen molar-refractivity contribution in [1.29, 1.82) is 0 Å². The maximum absolute atomic E-state index is 11.9. The van der Waals surface area contributed by atoms with Crippen LogP contribution in [0.2, 0.25) is 0 Å². The van der Waals surface area contributed by atoms with Crippen molar-refractivity contribution in [3.63, 3.8) is 0 Å². The molecule has 0 saturated heterocycles. The lowest BCUT2D eigenvalue weighted by molar-refractivity contribution is -0.113. The van der Waals surface area contributed by atoms with Gasteiger partial charge in [0.25, 0.3) is 0 Å². The first-order valence-corrected chi connectivity index (χ1v) is 8.40. The molecule has 0 radical (unpaired) electrons. The summed E-state index contributed by atoms with van der Waals surface area (Å²) in [6, 6.07) is 9.04. The zero-order chi connectivity index (χ0) is 16.9. The van der Waals surface area contributed by atoms with Crippen molar-refractivity contribution in [1.82, 2.24) is 14.8 Å². The number of hydrogen-bond acceptors (Lipinski definition) is 5. The molecule has 0 bridgehead atoms. The van der Waals surface area contributed by atoms with E-state index in [1.807, 2.05) is 39.0 Å². The molecule has 122 valence electrons. The fourth-order valence-electron chi connectivity index (χ4n) is 1.75. The zero-order valence-electron chi connectivity index (χ0n) is 13.4. The summed E-state index contributed by atoms with van der Waals surface area (Å²) in [6.07, 6.45) is 1.59. The van der Waals surface area contributed by atoms with E-state index in [1.54, 1.807) is 23.1 Å². The molecular formula is C16H20N4O2S. The van der Waals surface area contributed by atoms with Crippen LogP contribution in [0.15, 0.2) is 36.7 Å². The Morgan fingerprint density at radius 2 is 1.87 bits per heavy atom. The predicted molar refractivity (Wildman–Crippen MR) is 91.7 cm³/mol. The highest BCUT2D eigenvalue weighted by Gasteiger charge is 2.16. The van der Waals surface area contributed by atoms with Crippen LogP contribution in [0.4, 0.5) is 5.95 Å². The van der Waals surface area contributed by atoms with Gasteiger partial charge in [-0.15, -0.1) is 16.9 Å². The van der Waals surface area contributed by atoms with Crippen LogP contribution in [0.1, 0.15) is 31.1 Å². The highest BCUT2D eigenvalue weighted by atomic mass is 32.2. The number of carbonyl (C=O) groups excluding carboxylic acids is 2. The largest absolute Gasteiger partial charge is 0.293 e. The van der Waals surface area contributed by atoms with Gasteiger partial charge in [0.15, 0.2) is 5.78 Å². The van der Waals surface area contributed by atoms with Crippen LogP contribution in [0.3, 0.4) is 0 Å². The molecule has 1 aromatic heterocycles. The van der Waals surface area contributed by atoms with Crippen molar-refractivity contribution in [2.24, 2.45) is 0 Å². The third-order valence-electron chi connectivity index (χ3n) is 2.99. The minimum Gasteiger partial charge on any atom is -0.293 e. The minimum atomic E-state index is -0.220. The van der Waals surface area contributed by atoms with E-state index in [0.717, 1.165) is 0 Å². The number of carbonyl (C=O) groups is 2. The first-order valence-electron chi connectivity index (χ1n) is 7.24. The van der Waals surface area contributed by atoms with Crippen molar-refractivity contribution in [3.05, 3.63) is 42.2 Å². The summed E-state index contributed by atoms with van der Waals surface area (Å²) in [5, 5.41) is 6.84. The van der Waals surface area contributed by atoms with Gasteiger partial charge in [-0.05, 0) is 20.8 Å². The fraction of sp³-hybridized carbons (Fsp3) is 0.375. The molecule has 0 atom stereocenters. The molecule has 0 fully saturated rings. The average Bonchev–Trinajstić information content (AvgIpc) is 2.96. The van der Waals surface area contributed by atoms with E-state index in [9.17, 15) is 9.59 Å². The van der Waals surface area contributed by atoms with Crippen LogP contribution in [0.25, 0.3) is 0 Å². The number of ketones is 1. The first-order chi connectivity index (χ1) is 10.9. The van der Waals surface area contributed by atoms with Gasteiger partial charge in [0.2, 0.25) is 11.9 Å². The number of nitrogens with zero attached hydrogens (tertiary/aromatic N) is 3. The lowest BCUT2D eigenvalue weighted by atomic mass is 10.1. The Kier molecular flexibility index (Phi) is 5.54. The Morgan fingerprint density at radius 1 is 1.17 bits per heavy atom. The summed E-state index contributed by atoms with van der Waals surface area (Å²) in [5.74, 6) is 0.519. The van der Waals surface area contributed by atoms with Gasteiger partial charge in [0.05, 0.1) is 17.0 Å². The number of rotatable bonds is 6. The monoisotopic (exact) mass is 332 g/mol. The maximum Gasteiger partial charge on any atom is 0.248 e. The Bertz CT molecular complexity index is 677. The molecule has 1 N–H and O–H groups in total. The molecule has 0 aliphatic heterocycles. The van der Waals surface area contributed by atoms with E-state index in [2.05, 4.69) is 15.4 Å². The number of aromatic nitrogens is 3. The molecule has 0 unspecified atom stereocenters. The van der Waals surface area contributed by atoms with Crippen LogP contribution in [-0.2, 0) is 10.3 Å². The molecule has 1 heterocycles. The molecule has 0 spiro atoms. The molecule has 0 aliphatic carbocycles. The zero-order valence-corrected chi connectivity index (χ0v) is 14.3. The van der Waals surface area contributed by atoms with Gasteiger partial charge in [-0.3, -0.25) is 14.9 Å². The van der Waals surface area contributed by atoms with Crippen molar-refractivity contribution >= 4 is 29.4 Å². The lowest BCUT2D eigenvalue weighted by Crippen LogP contribution is -2.23. The predicted octanol–water partition coefficient (Wildman–Crippen LogP) is 2.59. The summed E-state index contributed by atoms with van der Waals surface area (Å²) in [6.45, 7) is 6.00. The standard InChI is InChI=1S/C16H20N4O2S/c1-16(2,3)20-11-17-15(19-20)18-14(22)10-23-9-13(21)12-7-5-4-6-8-12/h4-8,11H,9-10H2,1-3H3,(H,18,19,22). The molecular weight excluding hydrogens is 312 g/mol. The quantitative estimate of drug-likeness (QED) is 0.823. The number of thioether (sulfide) groups is 1. The smallest absolute Gasteiger partial charge is 0.248 e. The Morgan fingerprint density at radius 3 is 2.48 bits per heavy atom. The van der Waals surface area contributed by atoms with Crippen LogP contribution in [-0.4, -0.2) is 38.0 Å². The molecule has 7 heteroatoms. The number of anilines is 1. The highest BCUT2D eigenvalue weighted by Crippen LogP contribution is 2.13. The van der Waals surface area contributed by atoms with Gasteiger partial charge in [-0.25, -0.2) is 9.67 Å². The van der Waals surface area contributed by atoms with Gasteiger partial charge in [0, 0.05) is 5.56 Å². The van der Waals surface area contributed by atoms with Crippen LogP contribution in [0, 0.1) is 0 Å². The Balaban J connectivity index is 1.77. The number of hydrogen-bond donors (Lipinski definition) is 1. The SMILES string of the molecule is CC(C)(C)n1cnc(NC(=O)CSCC(=O)c2ccccc2)n1. The Hall–Kier alpha value is -2.15. The fourth-order valence-corrected chi connectivity index (χ4v) is 2.46. The molecule has 23 heavy (non-hydrogen) atoms. The highest BCUT2D eigenvalue weighted by molar-refractivity contribution is 8.00. The van der Waals surface area contributed by atoms with Crippen molar-refractivity contribution in [2.45, 2.75) is 26.3 Å². The molecule has 2 rings (SSSR count). The molecule has 2 aromatic rings. The van der Waals surface area contributed by atoms with E-state index in [-0.39, 0.29) is 34.7 Å². The maximum atomic E-state index is 11.9. The number of amides is 1. The van der Waals surface area contributed by atoms with Crippen molar-refractivity contribution in [2.75, 3.05) is 16.8 Å². The normalized spacial score (nSPS) is 11.3. The summed E-state index contributed by atoms with van der Waals surface area (Å²) < 4.78 is 1.69. The van der Waals surface area contributed by atoms with E-state index in [1.165, 1.54) is 11.8 Å². The third kappa shape index (κ3) is 5.21. The Labute approximate surface area is 139 Å². The molecule has 1 amide bonds. The first kappa shape index (κ1) is 17.2. The van der Waals surface area contributed by atoms with Crippen molar-refractivity contribution in [3.8, 4) is 0 Å². The molecule has 0 saturated carbocycles. The molecule has 0 aliphatic rings. The third-order valence-corrected chi connectivity index (χ3v) is 3.93. The van der Waals surface area contributed by atoms with Crippen LogP contribution < -0.4 is 5.32 Å². The van der Waals surface area contributed by atoms with Crippen LogP contribution >= 0.6 is 11.8 Å². The molecule has 6 nitrogen and oxygen atoms in total. The van der Waals surface area contributed by atoms with Crippen molar-refractivity contribution < 1.29 is 9.59 Å². The number of benzene rings is 1. The second-order valence-corrected chi connectivity index (χ2v) is 7.00. The number of nitrogens with one attached hydrogen (secondary N) is 1. The van der Waals surface area contributed by atoms with E-state index < -0.39 is 0 Å². The number of Topliss-reactive ketones (excluding diaryl/α,β-unsaturated/α-hetero) is 1. The van der Waals surface area contributed by atoms with Gasteiger partial charge in [-0.2, -0.15) is 0 Å². The van der Waals surface area contributed by atoms with Crippen LogP contribution in [0.5, 0.6) is 0 Å².